The van der Waals surface area contributed by atoms with E-state index >= 15 is 0 Å². The van der Waals surface area contributed by atoms with Crippen LogP contribution in [0.4, 0.5) is 0 Å². The smallest absolute Gasteiger partial charge is 0.0575 e. The van der Waals surface area contributed by atoms with Crippen molar-refractivity contribution in [2.45, 2.75) is 44.9 Å². The third kappa shape index (κ3) is 3.20. The van der Waals surface area contributed by atoms with E-state index in [9.17, 15) is 0 Å². The van der Waals surface area contributed by atoms with Gasteiger partial charge in [-0.2, -0.15) is 0 Å². The Morgan fingerprint density at radius 3 is 2.86 bits per heavy atom. The summed E-state index contributed by atoms with van der Waals surface area (Å²) >= 11 is 0. The quantitative estimate of drug-likeness (QED) is 0.582. The molecule has 0 spiro atoms. The van der Waals surface area contributed by atoms with Crippen LogP contribution in [-0.2, 0) is 0 Å². The zero-order valence-corrected chi connectivity index (χ0v) is 9.37. The van der Waals surface area contributed by atoms with Crippen LogP contribution in [0.1, 0.15) is 26.7 Å². The molecule has 3 atom stereocenters. The Bertz CT molecular complexity index is 162. The van der Waals surface area contributed by atoms with Gasteiger partial charge < -0.3 is 16.8 Å². The van der Waals surface area contributed by atoms with E-state index in [1.807, 2.05) is 0 Å². The molecule has 1 aliphatic heterocycles. The first-order valence-electron chi connectivity index (χ1n) is 5.60. The van der Waals surface area contributed by atoms with Gasteiger partial charge in [0.05, 0.1) is 6.17 Å². The molecule has 0 radical (unpaired) electrons. The molecule has 0 aromatic heterocycles. The molecular weight excluding hydrogens is 176 g/mol. The summed E-state index contributed by atoms with van der Waals surface area (Å²) in [6.45, 7) is 7.25. The van der Waals surface area contributed by atoms with Gasteiger partial charge in [0.2, 0.25) is 0 Å². The van der Waals surface area contributed by atoms with Gasteiger partial charge in [-0.25, -0.2) is 0 Å². The second kappa shape index (κ2) is 5.66. The average molecular weight is 200 g/mol. The first kappa shape index (κ1) is 11.9. The Hall–Kier alpha value is -0.160. The Balaban J connectivity index is 2.38. The van der Waals surface area contributed by atoms with Crippen molar-refractivity contribution in [3.63, 3.8) is 0 Å². The van der Waals surface area contributed by atoms with Crippen molar-refractivity contribution < 1.29 is 0 Å². The molecule has 0 amide bonds. The Morgan fingerprint density at radius 1 is 1.50 bits per heavy atom. The average Bonchev–Trinajstić information content (AvgIpc) is 2.18. The van der Waals surface area contributed by atoms with Crippen LogP contribution in [0.25, 0.3) is 0 Å². The highest BCUT2D eigenvalue weighted by atomic mass is 15.3. The van der Waals surface area contributed by atoms with Gasteiger partial charge in [0, 0.05) is 25.2 Å². The monoisotopic (exact) mass is 200 g/mol. The number of hydrogen-bond acceptors (Lipinski definition) is 4. The van der Waals surface area contributed by atoms with Gasteiger partial charge in [0.25, 0.3) is 0 Å². The molecule has 0 aliphatic carbocycles. The zero-order valence-electron chi connectivity index (χ0n) is 9.37. The van der Waals surface area contributed by atoms with E-state index in [4.69, 9.17) is 11.5 Å². The summed E-state index contributed by atoms with van der Waals surface area (Å²) in [4.78, 5) is 2.39. The molecule has 0 aromatic rings. The standard InChI is InChI=1S/C10H24N4/c1-8-7-14(9(2)6-13-8)10(12)4-3-5-11/h8-10,13H,3-7,11-12H2,1-2H3. The van der Waals surface area contributed by atoms with Crippen LogP contribution in [0, 0.1) is 0 Å². The topological polar surface area (TPSA) is 67.3 Å². The molecule has 1 saturated heterocycles. The van der Waals surface area contributed by atoms with Gasteiger partial charge in [0.1, 0.15) is 0 Å². The highest BCUT2D eigenvalue weighted by Gasteiger charge is 2.25. The van der Waals surface area contributed by atoms with Crippen LogP contribution in [0.3, 0.4) is 0 Å². The molecule has 14 heavy (non-hydrogen) atoms. The van der Waals surface area contributed by atoms with E-state index in [1.54, 1.807) is 0 Å². The molecule has 1 fully saturated rings. The summed E-state index contributed by atoms with van der Waals surface area (Å²) in [5.41, 5.74) is 11.6. The third-order valence-electron chi connectivity index (χ3n) is 2.94. The van der Waals surface area contributed by atoms with E-state index < -0.39 is 0 Å². The minimum atomic E-state index is 0.179. The fourth-order valence-corrected chi connectivity index (χ4v) is 2.00. The van der Waals surface area contributed by atoms with Gasteiger partial charge in [0.15, 0.2) is 0 Å². The Labute approximate surface area is 87.0 Å². The molecule has 3 unspecified atom stereocenters. The van der Waals surface area contributed by atoms with Crippen LogP contribution < -0.4 is 16.8 Å². The largest absolute Gasteiger partial charge is 0.330 e. The lowest BCUT2D eigenvalue weighted by Gasteiger charge is -2.41. The molecule has 4 nitrogen and oxygen atoms in total. The lowest BCUT2D eigenvalue weighted by molar-refractivity contribution is 0.0920. The van der Waals surface area contributed by atoms with E-state index in [0.29, 0.717) is 12.1 Å². The van der Waals surface area contributed by atoms with Crippen LogP contribution in [0.2, 0.25) is 0 Å². The summed E-state index contributed by atoms with van der Waals surface area (Å²) in [6, 6.07) is 1.09. The minimum absolute atomic E-state index is 0.179. The first-order chi connectivity index (χ1) is 6.65. The van der Waals surface area contributed by atoms with Crippen LogP contribution in [0.5, 0.6) is 0 Å². The van der Waals surface area contributed by atoms with E-state index in [-0.39, 0.29) is 6.17 Å². The highest BCUT2D eigenvalue weighted by Crippen LogP contribution is 2.11. The van der Waals surface area contributed by atoms with Crippen molar-refractivity contribution in [3.05, 3.63) is 0 Å². The maximum absolute atomic E-state index is 6.13. The molecule has 0 saturated carbocycles. The van der Waals surface area contributed by atoms with Crippen LogP contribution in [-0.4, -0.2) is 42.8 Å². The maximum atomic E-state index is 6.13. The molecule has 84 valence electrons. The van der Waals surface area contributed by atoms with E-state index in [0.717, 1.165) is 32.5 Å². The summed E-state index contributed by atoms with van der Waals surface area (Å²) in [6.07, 6.45) is 2.21. The van der Waals surface area contributed by atoms with Gasteiger partial charge in [-0.1, -0.05) is 0 Å². The summed E-state index contributed by atoms with van der Waals surface area (Å²) in [5.74, 6) is 0. The van der Waals surface area contributed by atoms with Gasteiger partial charge >= 0.3 is 0 Å². The van der Waals surface area contributed by atoms with Crippen molar-refractivity contribution in [3.8, 4) is 0 Å². The van der Waals surface area contributed by atoms with Crippen LogP contribution >= 0.6 is 0 Å². The fourth-order valence-electron chi connectivity index (χ4n) is 2.00. The van der Waals surface area contributed by atoms with Gasteiger partial charge in [-0.3, -0.25) is 4.90 Å². The maximum Gasteiger partial charge on any atom is 0.0575 e. The Morgan fingerprint density at radius 2 is 2.21 bits per heavy atom. The predicted octanol–water partition coefficient (Wildman–Crippen LogP) is -0.308. The molecule has 1 heterocycles. The van der Waals surface area contributed by atoms with E-state index in [2.05, 4.69) is 24.1 Å². The van der Waals surface area contributed by atoms with Gasteiger partial charge in [-0.05, 0) is 33.2 Å². The second-order valence-electron chi connectivity index (χ2n) is 4.35. The summed E-state index contributed by atoms with van der Waals surface area (Å²) in [5, 5.41) is 3.45. The summed E-state index contributed by atoms with van der Waals surface area (Å²) < 4.78 is 0. The SMILES string of the molecule is CC1CN(C(N)CCCN)C(C)CN1. The number of rotatable bonds is 4. The number of nitrogens with two attached hydrogens (primary N) is 2. The number of piperazine rings is 1. The number of hydrogen-bond donors (Lipinski definition) is 3. The lowest BCUT2D eigenvalue weighted by Crippen LogP contribution is -2.59. The van der Waals surface area contributed by atoms with Crippen molar-refractivity contribution in [2.24, 2.45) is 11.5 Å². The highest BCUT2D eigenvalue weighted by molar-refractivity contribution is 4.84. The van der Waals surface area contributed by atoms with E-state index in [1.165, 1.54) is 0 Å². The van der Waals surface area contributed by atoms with Crippen molar-refractivity contribution in [2.75, 3.05) is 19.6 Å². The second-order valence-corrected chi connectivity index (χ2v) is 4.35. The molecular formula is C10H24N4. The fraction of sp³-hybridized carbons (Fsp3) is 1.00. The zero-order chi connectivity index (χ0) is 10.6. The first-order valence-corrected chi connectivity index (χ1v) is 5.60. The van der Waals surface area contributed by atoms with Crippen molar-refractivity contribution >= 4 is 0 Å². The normalized spacial score (nSPS) is 31.7. The molecule has 0 bridgehead atoms. The molecule has 4 heteroatoms. The minimum Gasteiger partial charge on any atom is -0.330 e. The molecule has 0 aromatic carbocycles. The predicted molar refractivity (Wildman–Crippen MR) is 59.9 cm³/mol. The lowest BCUT2D eigenvalue weighted by atomic mass is 10.1. The molecule has 5 N–H and O–H groups in total. The van der Waals surface area contributed by atoms with Crippen molar-refractivity contribution in [1.29, 1.82) is 0 Å². The number of nitrogens with zero attached hydrogens (tertiary/aromatic N) is 1. The third-order valence-corrected chi connectivity index (χ3v) is 2.94. The van der Waals surface area contributed by atoms with Crippen LogP contribution in [0.15, 0.2) is 0 Å². The Kier molecular flexibility index (Phi) is 4.81. The number of nitrogens with one attached hydrogen (secondary N) is 1. The molecule has 1 aliphatic rings. The van der Waals surface area contributed by atoms with Crippen molar-refractivity contribution in [1.82, 2.24) is 10.2 Å². The summed E-state index contributed by atoms with van der Waals surface area (Å²) in [7, 11) is 0. The molecule has 1 rings (SSSR count). The van der Waals surface area contributed by atoms with Gasteiger partial charge in [-0.15, -0.1) is 0 Å².